The molecule has 4 rings (SSSR count). The molecular weight excluding hydrogens is 517 g/mol. The van der Waals surface area contributed by atoms with Crippen molar-refractivity contribution >= 4 is 17.5 Å². The predicted octanol–water partition coefficient (Wildman–Crippen LogP) is 1.97. The molecule has 3 aromatic heterocycles. The van der Waals surface area contributed by atoms with Gasteiger partial charge in [-0.2, -0.15) is 17.9 Å². The minimum atomic E-state index is -4.96. The second-order valence-electron chi connectivity index (χ2n) is 7.91. The second kappa shape index (κ2) is 10.1. The van der Waals surface area contributed by atoms with Gasteiger partial charge in [0.2, 0.25) is 5.82 Å². The molecule has 1 unspecified atom stereocenters. The number of rotatable bonds is 8. The highest BCUT2D eigenvalue weighted by Crippen LogP contribution is 2.24. The topological polar surface area (TPSA) is 147 Å². The fourth-order valence-corrected chi connectivity index (χ4v) is 3.68. The molecule has 0 aliphatic heterocycles. The minimum Gasteiger partial charge on any atom is -0.382 e. The van der Waals surface area contributed by atoms with Crippen LogP contribution in [0, 0.1) is 0 Å². The number of nitrogens with two attached hydrogens (primary N) is 1. The van der Waals surface area contributed by atoms with Crippen LogP contribution in [0.2, 0.25) is 5.02 Å². The van der Waals surface area contributed by atoms with E-state index in [4.69, 9.17) is 17.3 Å². The van der Waals surface area contributed by atoms with Crippen molar-refractivity contribution < 1.29 is 23.1 Å². The lowest BCUT2D eigenvalue weighted by atomic mass is 10.2. The van der Waals surface area contributed by atoms with Crippen LogP contribution in [0.1, 0.15) is 28.9 Å². The summed E-state index contributed by atoms with van der Waals surface area (Å²) in [6.45, 7) is 0.376. The lowest BCUT2D eigenvalue weighted by Gasteiger charge is -2.15. The Kier molecular flexibility index (Phi) is 7.14. The lowest BCUT2D eigenvalue weighted by molar-refractivity contribution is -0.207. The summed E-state index contributed by atoms with van der Waals surface area (Å²) in [6.07, 6.45) is -5.72. The molecule has 0 fully saturated rings. The number of halogens is 4. The molecule has 11 nitrogen and oxygen atoms in total. The van der Waals surface area contributed by atoms with Gasteiger partial charge in [-0.05, 0) is 42.3 Å². The SMILES string of the molecule is CCc1cccnc1-n1nc(Cn2nc(-c3ccc(Cl)cc3)n(CC(O)C(F)(F)F)c2=O)nc1C(N)=O. The molecule has 3 N–H and O–H groups in total. The molecule has 0 aliphatic rings. The molecule has 0 aliphatic carbocycles. The number of amides is 1. The summed E-state index contributed by atoms with van der Waals surface area (Å²) in [5, 5.41) is 18.4. The van der Waals surface area contributed by atoms with Gasteiger partial charge in [-0.1, -0.05) is 24.6 Å². The van der Waals surface area contributed by atoms with E-state index < -0.39 is 37.0 Å². The molecule has 4 aromatic rings. The largest absolute Gasteiger partial charge is 0.416 e. The fraction of sp³-hybridized carbons (Fsp3) is 0.273. The summed E-state index contributed by atoms with van der Waals surface area (Å²) in [7, 11) is 0. The summed E-state index contributed by atoms with van der Waals surface area (Å²) in [4.78, 5) is 33.5. The van der Waals surface area contributed by atoms with Crippen LogP contribution in [0.25, 0.3) is 17.2 Å². The van der Waals surface area contributed by atoms with E-state index in [-0.39, 0.29) is 23.0 Å². The van der Waals surface area contributed by atoms with Gasteiger partial charge in [0, 0.05) is 16.8 Å². The van der Waals surface area contributed by atoms with E-state index in [9.17, 15) is 27.9 Å². The molecule has 3 heterocycles. The van der Waals surface area contributed by atoms with Gasteiger partial charge < -0.3 is 10.8 Å². The Bertz CT molecular complexity index is 1490. The monoisotopic (exact) mass is 536 g/mol. The Morgan fingerprint density at radius 3 is 2.51 bits per heavy atom. The van der Waals surface area contributed by atoms with Crippen LogP contribution in [0.4, 0.5) is 13.2 Å². The van der Waals surface area contributed by atoms with Crippen molar-refractivity contribution in [2.24, 2.45) is 5.73 Å². The molecule has 0 saturated heterocycles. The zero-order chi connectivity index (χ0) is 26.9. The summed E-state index contributed by atoms with van der Waals surface area (Å²) >= 11 is 5.90. The molecule has 0 saturated carbocycles. The Balaban J connectivity index is 1.79. The predicted molar refractivity (Wildman–Crippen MR) is 125 cm³/mol. The first-order chi connectivity index (χ1) is 17.5. The van der Waals surface area contributed by atoms with E-state index in [1.165, 1.54) is 30.5 Å². The van der Waals surface area contributed by atoms with Crippen molar-refractivity contribution in [2.75, 3.05) is 0 Å². The first kappa shape index (κ1) is 26.0. The summed E-state index contributed by atoms with van der Waals surface area (Å²) < 4.78 is 41.9. The molecule has 15 heteroatoms. The zero-order valence-electron chi connectivity index (χ0n) is 19.2. The average Bonchev–Trinajstić information content (AvgIpc) is 3.41. The smallest absolute Gasteiger partial charge is 0.382 e. The zero-order valence-corrected chi connectivity index (χ0v) is 20.0. The third-order valence-electron chi connectivity index (χ3n) is 5.37. The van der Waals surface area contributed by atoms with Gasteiger partial charge in [0.1, 0.15) is 6.54 Å². The Morgan fingerprint density at radius 1 is 1.19 bits per heavy atom. The van der Waals surface area contributed by atoms with Crippen LogP contribution in [-0.2, 0) is 19.5 Å². The number of aliphatic hydroxyl groups excluding tert-OH is 1. The number of nitrogens with zero attached hydrogens (tertiary/aromatic N) is 7. The van der Waals surface area contributed by atoms with E-state index in [2.05, 4.69) is 20.2 Å². The number of aliphatic hydroxyl groups is 1. The normalized spacial score (nSPS) is 12.6. The number of carbonyl (C=O) groups excluding carboxylic acids is 1. The van der Waals surface area contributed by atoms with E-state index in [0.717, 1.165) is 14.9 Å². The van der Waals surface area contributed by atoms with Gasteiger partial charge >= 0.3 is 11.9 Å². The van der Waals surface area contributed by atoms with Gasteiger partial charge in [-0.15, -0.1) is 10.2 Å². The first-order valence-electron chi connectivity index (χ1n) is 10.9. The van der Waals surface area contributed by atoms with Crippen molar-refractivity contribution in [1.29, 1.82) is 0 Å². The third kappa shape index (κ3) is 5.39. The van der Waals surface area contributed by atoms with Crippen molar-refractivity contribution in [3.63, 3.8) is 0 Å². The van der Waals surface area contributed by atoms with Gasteiger partial charge in [0.25, 0.3) is 5.91 Å². The molecule has 0 spiro atoms. The minimum absolute atomic E-state index is 0.0627. The molecule has 1 atom stereocenters. The first-order valence-corrected chi connectivity index (χ1v) is 11.3. The van der Waals surface area contributed by atoms with Crippen molar-refractivity contribution in [1.82, 2.24) is 34.1 Å². The molecule has 1 amide bonds. The maximum Gasteiger partial charge on any atom is 0.416 e. The summed E-state index contributed by atoms with van der Waals surface area (Å²) in [6, 6.07) is 9.39. The molecule has 194 valence electrons. The van der Waals surface area contributed by atoms with Gasteiger partial charge in [-0.3, -0.25) is 9.36 Å². The average molecular weight is 537 g/mol. The van der Waals surface area contributed by atoms with Crippen LogP contribution in [0.3, 0.4) is 0 Å². The lowest BCUT2D eigenvalue weighted by Crippen LogP contribution is -2.37. The van der Waals surface area contributed by atoms with E-state index in [1.807, 2.05) is 6.92 Å². The summed E-state index contributed by atoms with van der Waals surface area (Å²) in [5.41, 5.74) is 5.54. The Hall–Kier alpha value is -4.04. The number of carbonyl (C=O) groups is 1. The number of hydrogen-bond donors (Lipinski definition) is 2. The van der Waals surface area contributed by atoms with Crippen LogP contribution in [0.5, 0.6) is 0 Å². The van der Waals surface area contributed by atoms with Crippen molar-refractivity contribution in [3.05, 3.63) is 75.3 Å². The number of aryl methyl sites for hydroxylation is 1. The van der Waals surface area contributed by atoms with E-state index in [0.29, 0.717) is 21.8 Å². The fourth-order valence-electron chi connectivity index (χ4n) is 3.56. The number of hydrogen-bond acceptors (Lipinski definition) is 7. The van der Waals surface area contributed by atoms with Crippen LogP contribution < -0.4 is 11.4 Å². The van der Waals surface area contributed by atoms with Gasteiger partial charge in [0.05, 0.1) is 6.54 Å². The summed E-state index contributed by atoms with van der Waals surface area (Å²) in [5.74, 6) is -1.05. The van der Waals surface area contributed by atoms with E-state index >= 15 is 0 Å². The van der Waals surface area contributed by atoms with Crippen molar-refractivity contribution in [2.45, 2.75) is 38.7 Å². The second-order valence-corrected chi connectivity index (χ2v) is 8.34. The number of primary amides is 1. The van der Waals surface area contributed by atoms with Crippen molar-refractivity contribution in [3.8, 4) is 17.2 Å². The number of benzene rings is 1. The van der Waals surface area contributed by atoms with Crippen LogP contribution >= 0.6 is 11.6 Å². The van der Waals surface area contributed by atoms with Crippen LogP contribution in [0.15, 0.2) is 47.4 Å². The Morgan fingerprint density at radius 2 is 1.89 bits per heavy atom. The molecule has 0 bridgehead atoms. The van der Waals surface area contributed by atoms with Crippen LogP contribution in [-0.4, -0.2) is 57.4 Å². The highest BCUT2D eigenvalue weighted by molar-refractivity contribution is 6.30. The number of pyridine rings is 1. The highest BCUT2D eigenvalue weighted by atomic mass is 35.5. The Labute approximate surface area is 211 Å². The highest BCUT2D eigenvalue weighted by Gasteiger charge is 2.39. The molecule has 0 radical (unpaired) electrons. The van der Waals surface area contributed by atoms with E-state index in [1.54, 1.807) is 12.1 Å². The molecule has 37 heavy (non-hydrogen) atoms. The quantitative estimate of drug-likeness (QED) is 0.350. The number of aromatic nitrogens is 7. The molecular formula is C22H20ClF3N8O3. The maximum atomic E-state index is 13.1. The standard InChI is InChI=1S/C22H20ClF3N8O3/c1-2-12-4-3-9-28-18(12)34-20(17(27)36)29-16(30-34)11-33-21(37)32(10-15(35)22(24,25)26)19(31-33)13-5-7-14(23)8-6-13/h3-9,15,35H,2,10-11H2,1H3,(H2,27,36). The maximum absolute atomic E-state index is 13.1. The van der Waals surface area contributed by atoms with Gasteiger partial charge in [0.15, 0.2) is 23.6 Å². The molecule has 1 aromatic carbocycles. The number of alkyl halides is 3. The van der Waals surface area contributed by atoms with Gasteiger partial charge in [-0.25, -0.2) is 19.4 Å². The third-order valence-corrected chi connectivity index (χ3v) is 5.62.